The van der Waals surface area contributed by atoms with Crippen molar-refractivity contribution in [1.82, 2.24) is 19.7 Å². The van der Waals surface area contributed by atoms with Gasteiger partial charge in [0.15, 0.2) is 0 Å². The van der Waals surface area contributed by atoms with Crippen molar-refractivity contribution < 1.29 is 9.53 Å². The van der Waals surface area contributed by atoms with Crippen molar-refractivity contribution >= 4 is 5.91 Å². The van der Waals surface area contributed by atoms with Gasteiger partial charge in [-0.1, -0.05) is 6.07 Å². The molecular formula is C19H26N4O2. The minimum Gasteiger partial charge on any atom is -0.475 e. The number of hydrogen-bond donors (Lipinski definition) is 0. The van der Waals surface area contributed by atoms with Crippen LogP contribution in [0.3, 0.4) is 0 Å². The van der Waals surface area contributed by atoms with Crippen LogP contribution in [-0.2, 0) is 6.54 Å². The fourth-order valence-electron chi connectivity index (χ4n) is 3.18. The molecule has 6 nitrogen and oxygen atoms in total. The molecular weight excluding hydrogens is 316 g/mol. The monoisotopic (exact) mass is 342 g/mol. The maximum Gasteiger partial charge on any atom is 0.272 e. The molecule has 0 aromatic carbocycles. The summed E-state index contributed by atoms with van der Waals surface area (Å²) < 4.78 is 7.54. The molecule has 1 aliphatic rings. The maximum absolute atomic E-state index is 12.7. The van der Waals surface area contributed by atoms with Crippen LogP contribution >= 0.6 is 0 Å². The Morgan fingerprint density at radius 1 is 1.32 bits per heavy atom. The number of nitrogens with zero attached hydrogens (tertiary/aromatic N) is 4. The highest BCUT2D eigenvalue weighted by molar-refractivity contribution is 5.92. The van der Waals surface area contributed by atoms with Gasteiger partial charge in [0, 0.05) is 31.9 Å². The van der Waals surface area contributed by atoms with Crippen molar-refractivity contribution in [2.75, 3.05) is 13.1 Å². The Kier molecular flexibility index (Phi) is 5.36. The van der Waals surface area contributed by atoms with Gasteiger partial charge in [0.25, 0.3) is 5.91 Å². The number of pyridine rings is 1. The highest BCUT2D eigenvalue weighted by Crippen LogP contribution is 2.28. The molecule has 1 aliphatic heterocycles. The number of aromatic nitrogens is 3. The average molecular weight is 342 g/mol. The van der Waals surface area contributed by atoms with Gasteiger partial charge < -0.3 is 9.64 Å². The third-order valence-corrected chi connectivity index (χ3v) is 4.53. The highest BCUT2D eigenvalue weighted by atomic mass is 16.5. The van der Waals surface area contributed by atoms with E-state index in [0.29, 0.717) is 17.5 Å². The second-order valence-corrected chi connectivity index (χ2v) is 6.72. The zero-order chi connectivity index (χ0) is 17.8. The minimum atomic E-state index is -0.0168. The molecule has 0 unspecified atom stereocenters. The maximum atomic E-state index is 12.7. The Morgan fingerprint density at radius 3 is 2.72 bits per heavy atom. The van der Waals surface area contributed by atoms with E-state index in [9.17, 15) is 4.79 Å². The molecule has 0 aliphatic carbocycles. The van der Waals surface area contributed by atoms with Gasteiger partial charge in [-0.25, -0.2) is 4.98 Å². The first-order valence-corrected chi connectivity index (χ1v) is 9.02. The van der Waals surface area contributed by atoms with E-state index in [1.54, 1.807) is 12.1 Å². The number of rotatable bonds is 5. The molecule has 3 rings (SSSR count). The molecule has 1 fully saturated rings. The Balaban J connectivity index is 1.61. The van der Waals surface area contributed by atoms with Crippen molar-refractivity contribution in [2.45, 2.75) is 52.2 Å². The summed E-state index contributed by atoms with van der Waals surface area (Å²) in [6.07, 6.45) is 6.04. The lowest BCUT2D eigenvalue weighted by molar-refractivity contribution is 0.0705. The Bertz CT molecular complexity index is 718. The third-order valence-electron chi connectivity index (χ3n) is 4.53. The summed E-state index contributed by atoms with van der Waals surface area (Å²) in [5, 5.41) is 4.36. The number of carbonyl (C=O) groups excluding carboxylic acids is 1. The van der Waals surface area contributed by atoms with Crippen molar-refractivity contribution in [2.24, 2.45) is 0 Å². The van der Waals surface area contributed by atoms with E-state index in [0.717, 1.165) is 32.5 Å². The zero-order valence-electron chi connectivity index (χ0n) is 15.2. The largest absolute Gasteiger partial charge is 0.475 e. The summed E-state index contributed by atoms with van der Waals surface area (Å²) in [4.78, 5) is 19.0. The van der Waals surface area contributed by atoms with Crippen LogP contribution in [0.5, 0.6) is 5.88 Å². The molecule has 0 saturated carbocycles. The van der Waals surface area contributed by atoms with E-state index in [4.69, 9.17) is 4.74 Å². The van der Waals surface area contributed by atoms with E-state index in [-0.39, 0.29) is 12.0 Å². The van der Waals surface area contributed by atoms with Gasteiger partial charge in [-0.05, 0) is 51.2 Å². The summed E-state index contributed by atoms with van der Waals surface area (Å²) in [6.45, 7) is 8.36. The van der Waals surface area contributed by atoms with Crippen LogP contribution in [0.15, 0.2) is 30.6 Å². The first kappa shape index (κ1) is 17.5. The first-order chi connectivity index (χ1) is 12.1. The Labute approximate surface area is 148 Å². The third kappa shape index (κ3) is 4.18. The van der Waals surface area contributed by atoms with E-state index >= 15 is 0 Å². The van der Waals surface area contributed by atoms with Crippen molar-refractivity contribution in [3.8, 4) is 5.88 Å². The van der Waals surface area contributed by atoms with Crippen LogP contribution < -0.4 is 4.74 Å². The van der Waals surface area contributed by atoms with Crippen LogP contribution in [-0.4, -0.2) is 44.8 Å². The number of ether oxygens (including phenoxy) is 1. The standard InChI is InChI=1S/C19H26N4O2/c1-4-23-13-16(12-20-23)15-8-10-22(11-9-15)19(24)17-6-5-7-18(21-17)25-14(2)3/h5-7,12-15H,4,8-11H2,1-3H3. The molecule has 1 amide bonds. The molecule has 1 saturated heterocycles. The lowest BCUT2D eigenvalue weighted by Crippen LogP contribution is -2.38. The summed E-state index contributed by atoms with van der Waals surface area (Å²) in [5.41, 5.74) is 1.73. The van der Waals surface area contributed by atoms with Gasteiger partial charge in [-0.3, -0.25) is 9.48 Å². The Hall–Kier alpha value is -2.37. The molecule has 134 valence electrons. The molecule has 2 aromatic heterocycles. The van der Waals surface area contributed by atoms with Crippen LogP contribution in [0.1, 0.15) is 55.6 Å². The van der Waals surface area contributed by atoms with Crippen molar-refractivity contribution in [3.63, 3.8) is 0 Å². The second kappa shape index (κ2) is 7.68. The van der Waals surface area contributed by atoms with E-state index in [1.807, 2.05) is 35.7 Å². The molecule has 0 bridgehead atoms. The van der Waals surface area contributed by atoms with Crippen LogP contribution in [0, 0.1) is 0 Å². The van der Waals surface area contributed by atoms with Gasteiger partial charge in [0.1, 0.15) is 5.69 Å². The van der Waals surface area contributed by atoms with Crippen molar-refractivity contribution in [3.05, 3.63) is 41.9 Å². The molecule has 0 spiro atoms. The first-order valence-electron chi connectivity index (χ1n) is 9.02. The number of carbonyl (C=O) groups is 1. The average Bonchev–Trinajstić information content (AvgIpc) is 3.10. The molecule has 3 heterocycles. The lowest BCUT2D eigenvalue weighted by Gasteiger charge is -2.31. The van der Waals surface area contributed by atoms with Crippen LogP contribution in [0.2, 0.25) is 0 Å². The van der Waals surface area contributed by atoms with Gasteiger partial charge in [0.2, 0.25) is 5.88 Å². The normalized spacial score (nSPS) is 15.6. The second-order valence-electron chi connectivity index (χ2n) is 6.72. The number of aryl methyl sites for hydroxylation is 1. The van der Waals surface area contributed by atoms with Gasteiger partial charge >= 0.3 is 0 Å². The van der Waals surface area contributed by atoms with Gasteiger partial charge in [-0.15, -0.1) is 0 Å². The zero-order valence-corrected chi connectivity index (χ0v) is 15.2. The van der Waals surface area contributed by atoms with E-state index in [2.05, 4.69) is 23.2 Å². The predicted molar refractivity (Wildman–Crippen MR) is 95.8 cm³/mol. The highest BCUT2D eigenvalue weighted by Gasteiger charge is 2.26. The predicted octanol–water partition coefficient (Wildman–Crippen LogP) is 3.11. The molecule has 25 heavy (non-hydrogen) atoms. The van der Waals surface area contributed by atoms with E-state index in [1.165, 1.54) is 5.56 Å². The van der Waals surface area contributed by atoms with E-state index < -0.39 is 0 Å². The minimum absolute atomic E-state index is 0.0168. The summed E-state index contributed by atoms with van der Waals surface area (Å²) in [6, 6.07) is 5.37. The fourth-order valence-corrected chi connectivity index (χ4v) is 3.18. The smallest absolute Gasteiger partial charge is 0.272 e. The summed E-state index contributed by atoms with van der Waals surface area (Å²) in [5.74, 6) is 0.965. The SMILES string of the molecule is CCn1cc(C2CCN(C(=O)c3cccc(OC(C)C)n3)CC2)cn1. The molecule has 6 heteroatoms. The lowest BCUT2D eigenvalue weighted by atomic mass is 9.91. The quantitative estimate of drug-likeness (QED) is 0.838. The molecule has 2 aromatic rings. The van der Waals surface area contributed by atoms with Gasteiger partial charge in [0.05, 0.1) is 12.3 Å². The van der Waals surface area contributed by atoms with Crippen molar-refractivity contribution in [1.29, 1.82) is 0 Å². The number of amides is 1. The summed E-state index contributed by atoms with van der Waals surface area (Å²) in [7, 11) is 0. The number of hydrogen-bond acceptors (Lipinski definition) is 4. The van der Waals surface area contributed by atoms with Crippen LogP contribution in [0.4, 0.5) is 0 Å². The fraction of sp³-hybridized carbons (Fsp3) is 0.526. The number of likely N-dealkylation sites (tertiary alicyclic amines) is 1. The topological polar surface area (TPSA) is 60.2 Å². The van der Waals surface area contributed by atoms with Gasteiger partial charge in [-0.2, -0.15) is 5.10 Å². The molecule has 0 radical (unpaired) electrons. The molecule has 0 atom stereocenters. The summed E-state index contributed by atoms with van der Waals surface area (Å²) >= 11 is 0. The molecule has 0 N–H and O–H groups in total. The number of piperidine rings is 1. The van der Waals surface area contributed by atoms with Crippen LogP contribution in [0.25, 0.3) is 0 Å². The Morgan fingerprint density at radius 2 is 2.08 bits per heavy atom.